The molecule has 0 unspecified atom stereocenters. The molecule has 5 nitrogen and oxygen atoms in total. The van der Waals surface area contributed by atoms with Crippen LogP contribution < -0.4 is 15.4 Å². The lowest BCUT2D eigenvalue weighted by atomic mass is 10.1. The largest absolute Gasteiger partial charge is 0.494 e. The van der Waals surface area contributed by atoms with Crippen LogP contribution in [-0.2, 0) is 16.0 Å². The van der Waals surface area contributed by atoms with E-state index >= 15 is 0 Å². The predicted molar refractivity (Wildman–Crippen MR) is 117 cm³/mol. The molecule has 0 spiro atoms. The number of carbonyl (C=O) groups excluding carboxylic acids is 2. The molecule has 0 heterocycles. The fraction of sp³-hybridized carbons (Fsp3) is 0.364. The van der Waals surface area contributed by atoms with E-state index in [4.69, 9.17) is 4.74 Å². The molecule has 0 aliphatic rings. The summed E-state index contributed by atoms with van der Waals surface area (Å²) in [5.41, 5.74) is 3.73. The van der Waals surface area contributed by atoms with E-state index in [1.165, 1.54) is 11.8 Å². The number of rotatable bonds is 9. The lowest BCUT2D eigenvalue weighted by Gasteiger charge is -2.16. The Hall–Kier alpha value is -2.47. The Morgan fingerprint density at radius 3 is 2.43 bits per heavy atom. The maximum atomic E-state index is 12.5. The van der Waals surface area contributed by atoms with Crippen LogP contribution in [0.4, 0.5) is 11.4 Å². The molecular formula is C22H28N2O3S. The smallest absolute Gasteiger partial charge is 0.237 e. The topological polar surface area (TPSA) is 67.4 Å². The summed E-state index contributed by atoms with van der Waals surface area (Å²) in [6, 6.07) is 13.2. The van der Waals surface area contributed by atoms with Crippen molar-refractivity contribution in [1.82, 2.24) is 0 Å². The standard InChI is InChI=1S/C22H28N2O3S/c1-5-17-9-7-8-15(3)21(17)24-22(26)16(4)28-14-20(25)23-18-10-12-19(13-11-18)27-6-2/h7-13,16H,5-6,14H2,1-4H3,(H,23,25)(H,24,26)/t16-/m0/s1. The van der Waals surface area contributed by atoms with E-state index < -0.39 is 0 Å². The average molecular weight is 401 g/mol. The fourth-order valence-corrected chi connectivity index (χ4v) is 3.39. The summed E-state index contributed by atoms with van der Waals surface area (Å²) in [5.74, 6) is 0.737. The summed E-state index contributed by atoms with van der Waals surface area (Å²) in [4.78, 5) is 24.7. The number of thioether (sulfide) groups is 1. The lowest BCUT2D eigenvalue weighted by molar-refractivity contribution is -0.115. The van der Waals surface area contributed by atoms with Crippen molar-refractivity contribution in [2.24, 2.45) is 0 Å². The molecule has 0 radical (unpaired) electrons. The van der Waals surface area contributed by atoms with Gasteiger partial charge in [-0.1, -0.05) is 25.1 Å². The number of benzene rings is 2. The van der Waals surface area contributed by atoms with Crippen molar-refractivity contribution >= 4 is 35.0 Å². The number of para-hydroxylation sites is 1. The van der Waals surface area contributed by atoms with E-state index in [-0.39, 0.29) is 22.8 Å². The molecule has 2 amide bonds. The third-order valence-electron chi connectivity index (χ3n) is 4.27. The van der Waals surface area contributed by atoms with Crippen LogP contribution in [0.1, 0.15) is 31.9 Å². The van der Waals surface area contributed by atoms with Crippen molar-refractivity contribution < 1.29 is 14.3 Å². The van der Waals surface area contributed by atoms with Gasteiger partial charge in [0.15, 0.2) is 0 Å². The van der Waals surface area contributed by atoms with Crippen molar-refractivity contribution in [3.63, 3.8) is 0 Å². The molecule has 0 fully saturated rings. The van der Waals surface area contributed by atoms with Crippen LogP contribution >= 0.6 is 11.8 Å². The number of nitrogens with one attached hydrogen (secondary N) is 2. The lowest BCUT2D eigenvalue weighted by Crippen LogP contribution is -2.25. The molecule has 150 valence electrons. The maximum Gasteiger partial charge on any atom is 0.237 e. The highest BCUT2D eigenvalue weighted by Gasteiger charge is 2.17. The summed E-state index contributed by atoms with van der Waals surface area (Å²) in [6.07, 6.45) is 0.851. The first kappa shape index (κ1) is 21.8. The minimum absolute atomic E-state index is 0.0946. The minimum Gasteiger partial charge on any atom is -0.494 e. The van der Waals surface area contributed by atoms with Gasteiger partial charge in [0.05, 0.1) is 17.6 Å². The molecule has 0 saturated carbocycles. The summed E-state index contributed by atoms with van der Waals surface area (Å²) < 4.78 is 5.38. The number of anilines is 2. The molecule has 28 heavy (non-hydrogen) atoms. The number of hydrogen-bond acceptors (Lipinski definition) is 4. The predicted octanol–water partition coefficient (Wildman–Crippen LogP) is 4.66. The van der Waals surface area contributed by atoms with Crippen LogP contribution in [-0.4, -0.2) is 29.4 Å². The van der Waals surface area contributed by atoms with Crippen molar-refractivity contribution in [3.05, 3.63) is 53.6 Å². The average Bonchev–Trinajstić information content (AvgIpc) is 2.69. The Morgan fingerprint density at radius 1 is 1.07 bits per heavy atom. The quantitative estimate of drug-likeness (QED) is 0.643. The van der Waals surface area contributed by atoms with E-state index in [9.17, 15) is 9.59 Å². The first-order chi connectivity index (χ1) is 13.4. The first-order valence-corrected chi connectivity index (χ1v) is 10.5. The van der Waals surface area contributed by atoms with Gasteiger partial charge in [0.2, 0.25) is 11.8 Å². The Bertz CT molecular complexity index is 806. The van der Waals surface area contributed by atoms with Gasteiger partial charge >= 0.3 is 0 Å². The number of carbonyl (C=O) groups is 2. The zero-order valence-corrected chi connectivity index (χ0v) is 17.7. The van der Waals surface area contributed by atoms with Crippen molar-refractivity contribution in [2.45, 2.75) is 39.4 Å². The Kier molecular flexibility index (Phi) is 8.39. The van der Waals surface area contributed by atoms with Gasteiger partial charge in [-0.15, -0.1) is 11.8 Å². The van der Waals surface area contributed by atoms with Crippen LogP contribution in [0.2, 0.25) is 0 Å². The van der Waals surface area contributed by atoms with E-state index in [1.807, 2.05) is 51.1 Å². The summed E-state index contributed by atoms with van der Waals surface area (Å²) >= 11 is 1.31. The molecule has 2 N–H and O–H groups in total. The SMILES string of the molecule is CCOc1ccc(NC(=O)CS[C@@H](C)C(=O)Nc2c(C)cccc2CC)cc1. The molecule has 0 aromatic heterocycles. The van der Waals surface area contributed by atoms with E-state index in [0.29, 0.717) is 12.3 Å². The highest BCUT2D eigenvalue weighted by Crippen LogP contribution is 2.23. The number of amides is 2. The van der Waals surface area contributed by atoms with E-state index in [0.717, 1.165) is 29.0 Å². The molecule has 0 aliphatic carbocycles. The Morgan fingerprint density at radius 2 is 1.79 bits per heavy atom. The molecule has 2 aromatic rings. The van der Waals surface area contributed by atoms with Crippen molar-refractivity contribution in [2.75, 3.05) is 23.0 Å². The zero-order chi connectivity index (χ0) is 20.5. The Balaban J connectivity index is 1.85. The fourth-order valence-electron chi connectivity index (χ4n) is 2.70. The van der Waals surface area contributed by atoms with Gasteiger partial charge in [0, 0.05) is 11.4 Å². The normalized spacial score (nSPS) is 11.6. The van der Waals surface area contributed by atoms with Gasteiger partial charge in [0.25, 0.3) is 0 Å². The van der Waals surface area contributed by atoms with Gasteiger partial charge in [-0.2, -0.15) is 0 Å². The summed E-state index contributed by atoms with van der Waals surface area (Å²) in [5, 5.41) is 5.51. The molecule has 6 heteroatoms. The molecule has 0 aliphatic heterocycles. The highest BCUT2D eigenvalue weighted by molar-refractivity contribution is 8.01. The van der Waals surface area contributed by atoms with E-state index in [1.54, 1.807) is 12.1 Å². The van der Waals surface area contributed by atoms with Gasteiger partial charge in [-0.3, -0.25) is 9.59 Å². The summed E-state index contributed by atoms with van der Waals surface area (Å²) in [7, 11) is 0. The number of aryl methyl sites for hydroxylation is 2. The highest BCUT2D eigenvalue weighted by atomic mass is 32.2. The van der Waals surface area contributed by atoms with Gasteiger partial charge in [-0.25, -0.2) is 0 Å². The first-order valence-electron chi connectivity index (χ1n) is 9.48. The molecule has 2 rings (SSSR count). The molecule has 1 atom stereocenters. The molecule has 2 aromatic carbocycles. The van der Waals surface area contributed by atoms with Crippen molar-refractivity contribution in [3.8, 4) is 5.75 Å². The van der Waals surface area contributed by atoms with Crippen LogP contribution in [0, 0.1) is 6.92 Å². The van der Waals surface area contributed by atoms with Crippen molar-refractivity contribution in [1.29, 1.82) is 0 Å². The maximum absolute atomic E-state index is 12.5. The van der Waals surface area contributed by atoms with Gasteiger partial charge in [0.1, 0.15) is 5.75 Å². The van der Waals surface area contributed by atoms with Crippen LogP contribution in [0.25, 0.3) is 0 Å². The number of ether oxygens (including phenoxy) is 1. The molecule has 0 saturated heterocycles. The van der Waals surface area contributed by atoms with Crippen LogP contribution in [0.5, 0.6) is 5.75 Å². The monoisotopic (exact) mass is 400 g/mol. The second-order valence-corrected chi connectivity index (χ2v) is 7.74. The van der Waals surface area contributed by atoms with Gasteiger partial charge < -0.3 is 15.4 Å². The minimum atomic E-state index is -0.338. The zero-order valence-electron chi connectivity index (χ0n) is 16.9. The molecule has 0 bridgehead atoms. The second-order valence-electron chi connectivity index (χ2n) is 6.41. The molecular weight excluding hydrogens is 372 g/mol. The van der Waals surface area contributed by atoms with Gasteiger partial charge in [-0.05, 0) is 62.6 Å². The Labute approximate surface area is 171 Å². The van der Waals surface area contributed by atoms with E-state index in [2.05, 4.69) is 17.6 Å². The third kappa shape index (κ3) is 6.30. The summed E-state index contributed by atoms with van der Waals surface area (Å²) in [6.45, 7) is 8.38. The third-order valence-corrected chi connectivity index (χ3v) is 5.41. The second kappa shape index (κ2) is 10.8. The van der Waals surface area contributed by atoms with Crippen LogP contribution in [0.15, 0.2) is 42.5 Å². The van der Waals surface area contributed by atoms with Crippen LogP contribution in [0.3, 0.4) is 0 Å². The number of hydrogen-bond donors (Lipinski definition) is 2.